The topological polar surface area (TPSA) is 74.8 Å². The van der Waals surface area contributed by atoms with Crippen LogP contribution in [0.2, 0.25) is 0 Å². The third kappa shape index (κ3) is 3.66. The number of aromatic amines is 1. The number of H-pyrrole nitrogens is 1. The van der Waals surface area contributed by atoms with Gasteiger partial charge in [-0.1, -0.05) is 36.4 Å². The molecular weight excluding hydrogens is 314 g/mol. The van der Waals surface area contributed by atoms with Crippen LogP contribution in [0.1, 0.15) is 34.6 Å². The maximum atomic E-state index is 12.4. The third-order valence-electron chi connectivity index (χ3n) is 4.05. The van der Waals surface area contributed by atoms with Crippen LogP contribution in [0.3, 0.4) is 0 Å². The molecule has 0 aliphatic rings. The normalized spacial score (nSPS) is 11.8. The van der Waals surface area contributed by atoms with Crippen LogP contribution in [-0.2, 0) is 0 Å². The lowest BCUT2D eigenvalue weighted by molar-refractivity contribution is 0.0937. The lowest BCUT2D eigenvalue weighted by Gasteiger charge is -2.15. The third-order valence-corrected chi connectivity index (χ3v) is 4.05. The molecule has 1 amide bonds. The van der Waals surface area contributed by atoms with E-state index in [4.69, 9.17) is 0 Å². The minimum absolute atomic E-state index is 0.0834. The Morgan fingerprint density at radius 3 is 2.52 bits per heavy atom. The predicted molar refractivity (Wildman–Crippen MR) is 97.4 cm³/mol. The number of carbonyl (C=O) groups is 1. The molecule has 0 bridgehead atoms. The molecule has 2 aromatic heterocycles. The predicted octanol–water partition coefficient (Wildman–Crippen LogP) is 3.24. The minimum Gasteiger partial charge on any atom is -0.344 e. The van der Waals surface area contributed by atoms with Crippen molar-refractivity contribution in [2.45, 2.75) is 19.9 Å². The van der Waals surface area contributed by atoms with Crippen LogP contribution in [0.15, 0.2) is 65.6 Å². The molecule has 3 rings (SSSR count). The summed E-state index contributed by atoms with van der Waals surface area (Å²) in [6, 6.07) is 16.3. The van der Waals surface area contributed by atoms with Crippen LogP contribution < -0.4 is 10.9 Å². The fourth-order valence-electron chi connectivity index (χ4n) is 2.73. The second kappa shape index (κ2) is 7.13. The molecule has 0 unspecified atom stereocenters. The Labute approximate surface area is 145 Å². The van der Waals surface area contributed by atoms with Gasteiger partial charge < -0.3 is 10.3 Å². The first-order chi connectivity index (χ1) is 12.1. The van der Waals surface area contributed by atoms with Gasteiger partial charge in [0.1, 0.15) is 5.56 Å². The SMILES string of the molecule is Cc1cccnc1[C@H](C)NC(=O)c1ccc(-c2ccccc2)[nH]c1=O. The van der Waals surface area contributed by atoms with E-state index in [9.17, 15) is 9.59 Å². The largest absolute Gasteiger partial charge is 0.344 e. The van der Waals surface area contributed by atoms with Gasteiger partial charge in [0.2, 0.25) is 0 Å². The number of aryl methyl sites for hydroxylation is 1. The molecule has 0 saturated carbocycles. The number of amides is 1. The molecule has 0 fully saturated rings. The number of aromatic nitrogens is 2. The van der Waals surface area contributed by atoms with Crippen LogP contribution in [0.25, 0.3) is 11.3 Å². The smallest absolute Gasteiger partial charge is 0.261 e. The van der Waals surface area contributed by atoms with E-state index in [1.54, 1.807) is 18.3 Å². The molecule has 3 aromatic rings. The maximum absolute atomic E-state index is 12.4. The highest BCUT2D eigenvalue weighted by Crippen LogP contribution is 2.16. The van der Waals surface area contributed by atoms with Gasteiger partial charge in [0.05, 0.1) is 11.7 Å². The van der Waals surface area contributed by atoms with Gasteiger partial charge >= 0.3 is 0 Å². The lowest BCUT2D eigenvalue weighted by Crippen LogP contribution is -2.32. The summed E-state index contributed by atoms with van der Waals surface area (Å²) in [6.07, 6.45) is 1.69. The standard InChI is InChI=1S/C20H19N3O2/c1-13-7-6-12-21-18(13)14(2)22-19(24)16-10-11-17(23-20(16)25)15-8-4-3-5-9-15/h3-12,14H,1-2H3,(H,22,24)(H,23,25)/t14-/m0/s1. The summed E-state index contributed by atoms with van der Waals surface area (Å²) < 4.78 is 0. The van der Waals surface area contributed by atoms with Crippen LogP contribution in [0.4, 0.5) is 0 Å². The number of benzene rings is 1. The maximum Gasteiger partial charge on any atom is 0.261 e. The van der Waals surface area contributed by atoms with Crippen molar-refractivity contribution in [1.29, 1.82) is 0 Å². The Morgan fingerprint density at radius 2 is 1.84 bits per heavy atom. The Morgan fingerprint density at radius 1 is 1.08 bits per heavy atom. The highest BCUT2D eigenvalue weighted by molar-refractivity contribution is 5.94. The Hall–Kier alpha value is -3.21. The second-order valence-electron chi connectivity index (χ2n) is 5.88. The number of nitrogens with one attached hydrogen (secondary N) is 2. The summed E-state index contributed by atoms with van der Waals surface area (Å²) in [7, 11) is 0. The highest BCUT2D eigenvalue weighted by atomic mass is 16.2. The number of hydrogen-bond donors (Lipinski definition) is 2. The minimum atomic E-state index is -0.418. The van der Waals surface area contributed by atoms with Crippen molar-refractivity contribution >= 4 is 5.91 Å². The molecule has 0 aliphatic carbocycles. The van der Waals surface area contributed by atoms with Crippen molar-refractivity contribution in [3.05, 3.63) is 88.0 Å². The number of hydrogen-bond acceptors (Lipinski definition) is 3. The van der Waals surface area contributed by atoms with Gasteiger partial charge in [0, 0.05) is 11.9 Å². The molecule has 2 N–H and O–H groups in total. The van der Waals surface area contributed by atoms with Crippen molar-refractivity contribution in [2.24, 2.45) is 0 Å². The Bertz CT molecular complexity index is 948. The first kappa shape index (κ1) is 16.6. The Kier molecular flexibility index (Phi) is 4.75. The van der Waals surface area contributed by atoms with Crippen LogP contribution in [-0.4, -0.2) is 15.9 Å². The molecule has 0 spiro atoms. The van der Waals surface area contributed by atoms with E-state index >= 15 is 0 Å². The molecule has 1 atom stereocenters. The summed E-state index contributed by atoms with van der Waals surface area (Å²) in [5.41, 5.74) is 3.01. The molecule has 0 radical (unpaired) electrons. The zero-order chi connectivity index (χ0) is 17.8. The van der Waals surface area contributed by atoms with Crippen molar-refractivity contribution in [3.8, 4) is 11.3 Å². The van der Waals surface area contributed by atoms with E-state index in [2.05, 4.69) is 15.3 Å². The molecule has 0 aliphatic heterocycles. The number of rotatable bonds is 4. The highest BCUT2D eigenvalue weighted by Gasteiger charge is 2.16. The molecular formula is C20H19N3O2. The van der Waals surface area contributed by atoms with Gasteiger partial charge in [-0.05, 0) is 43.2 Å². The fraction of sp³-hybridized carbons (Fsp3) is 0.150. The molecule has 5 heteroatoms. The summed E-state index contributed by atoms with van der Waals surface area (Å²) in [5, 5.41) is 2.83. The molecule has 5 nitrogen and oxygen atoms in total. The van der Waals surface area contributed by atoms with Crippen molar-refractivity contribution in [3.63, 3.8) is 0 Å². The van der Waals surface area contributed by atoms with E-state index in [1.165, 1.54) is 0 Å². The average Bonchev–Trinajstić information content (AvgIpc) is 2.62. The van der Waals surface area contributed by atoms with Gasteiger partial charge in [-0.2, -0.15) is 0 Å². The average molecular weight is 333 g/mol. The van der Waals surface area contributed by atoms with E-state index in [0.717, 1.165) is 16.8 Å². The van der Waals surface area contributed by atoms with Gasteiger partial charge in [0.15, 0.2) is 0 Å². The van der Waals surface area contributed by atoms with Crippen molar-refractivity contribution < 1.29 is 4.79 Å². The number of nitrogens with zero attached hydrogens (tertiary/aromatic N) is 1. The van der Waals surface area contributed by atoms with E-state index in [1.807, 2.05) is 56.3 Å². The van der Waals surface area contributed by atoms with Crippen LogP contribution in [0, 0.1) is 6.92 Å². The summed E-state index contributed by atoms with van der Waals surface area (Å²) in [5.74, 6) is -0.418. The quantitative estimate of drug-likeness (QED) is 0.770. The van der Waals surface area contributed by atoms with Crippen molar-refractivity contribution in [2.75, 3.05) is 0 Å². The van der Waals surface area contributed by atoms with E-state index < -0.39 is 11.5 Å². The first-order valence-corrected chi connectivity index (χ1v) is 8.07. The summed E-state index contributed by atoms with van der Waals surface area (Å²) in [4.78, 5) is 31.8. The van der Waals surface area contributed by atoms with Gasteiger partial charge in [-0.25, -0.2) is 0 Å². The van der Waals surface area contributed by atoms with Crippen molar-refractivity contribution in [1.82, 2.24) is 15.3 Å². The fourth-order valence-corrected chi connectivity index (χ4v) is 2.73. The van der Waals surface area contributed by atoms with Gasteiger partial charge in [-0.3, -0.25) is 14.6 Å². The van der Waals surface area contributed by atoms with Crippen LogP contribution in [0.5, 0.6) is 0 Å². The monoisotopic (exact) mass is 333 g/mol. The summed E-state index contributed by atoms with van der Waals surface area (Å²) >= 11 is 0. The molecule has 126 valence electrons. The first-order valence-electron chi connectivity index (χ1n) is 8.07. The van der Waals surface area contributed by atoms with E-state index in [-0.39, 0.29) is 11.6 Å². The lowest BCUT2D eigenvalue weighted by atomic mass is 10.1. The molecule has 2 heterocycles. The number of pyridine rings is 2. The zero-order valence-corrected chi connectivity index (χ0v) is 14.1. The Balaban J connectivity index is 1.81. The molecule has 1 aromatic carbocycles. The molecule has 25 heavy (non-hydrogen) atoms. The van der Waals surface area contributed by atoms with Gasteiger partial charge in [0.25, 0.3) is 11.5 Å². The van der Waals surface area contributed by atoms with Gasteiger partial charge in [-0.15, -0.1) is 0 Å². The van der Waals surface area contributed by atoms with Crippen LogP contribution >= 0.6 is 0 Å². The second-order valence-corrected chi connectivity index (χ2v) is 5.88. The number of carbonyl (C=O) groups excluding carboxylic acids is 1. The molecule has 0 saturated heterocycles. The zero-order valence-electron chi connectivity index (χ0n) is 14.1. The van der Waals surface area contributed by atoms with E-state index in [0.29, 0.717) is 5.69 Å². The summed E-state index contributed by atoms with van der Waals surface area (Å²) in [6.45, 7) is 3.78.